The van der Waals surface area contributed by atoms with Crippen LogP contribution in [-0.4, -0.2) is 22.3 Å². The van der Waals surface area contributed by atoms with Crippen LogP contribution in [-0.2, 0) is 13.6 Å². The third-order valence-electron chi connectivity index (χ3n) is 2.69. The van der Waals surface area contributed by atoms with Gasteiger partial charge >= 0.3 is 6.18 Å². The lowest BCUT2D eigenvalue weighted by atomic mass is 10.3. The Bertz CT molecular complexity index is 613. The molecule has 0 unspecified atom stereocenters. The monoisotopic (exact) mass is 319 g/mol. The number of benzene rings is 1. The predicted octanol–water partition coefficient (Wildman–Crippen LogP) is 3.63. The molecule has 21 heavy (non-hydrogen) atoms. The minimum atomic E-state index is -4.40. The molecule has 2 rings (SSSR count). The Kier molecular flexibility index (Phi) is 4.62. The Morgan fingerprint density at radius 3 is 2.76 bits per heavy atom. The predicted molar refractivity (Wildman–Crippen MR) is 73.5 cm³/mol. The Morgan fingerprint density at radius 2 is 2.14 bits per heavy atom. The van der Waals surface area contributed by atoms with Gasteiger partial charge in [0.1, 0.15) is 11.6 Å². The highest BCUT2D eigenvalue weighted by molar-refractivity contribution is 6.30. The SMILES string of the molecule is Cn1ccnc1CNc1ccc(Cl)cc1OCC(F)(F)F. The third kappa shape index (κ3) is 4.56. The Labute approximate surface area is 124 Å². The quantitative estimate of drug-likeness (QED) is 0.914. The van der Waals surface area contributed by atoms with Gasteiger partial charge in [0.05, 0.1) is 12.2 Å². The molecule has 0 amide bonds. The lowest BCUT2D eigenvalue weighted by molar-refractivity contribution is -0.153. The summed E-state index contributed by atoms with van der Waals surface area (Å²) in [5.74, 6) is 0.792. The number of imidazole rings is 1. The molecule has 114 valence electrons. The van der Waals surface area contributed by atoms with Crippen molar-refractivity contribution in [2.45, 2.75) is 12.7 Å². The van der Waals surface area contributed by atoms with Gasteiger partial charge in [0.2, 0.25) is 0 Å². The average molecular weight is 320 g/mol. The van der Waals surface area contributed by atoms with Crippen LogP contribution < -0.4 is 10.1 Å². The molecular formula is C13H13ClF3N3O. The highest BCUT2D eigenvalue weighted by Gasteiger charge is 2.28. The summed E-state index contributed by atoms with van der Waals surface area (Å²) in [6.07, 6.45) is -0.987. The molecule has 4 nitrogen and oxygen atoms in total. The number of aryl methyl sites for hydroxylation is 1. The summed E-state index contributed by atoms with van der Waals surface area (Å²) in [5.41, 5.74) is 0.423. The molecular weight excluding hydrogens is 307 g/mol. The summed E-state index contributed by atoms with van der Waals surface area (Å²) >= 11 is 5.79. The fourth-order valence-electron chi connectivity index (χ4n) is 1.66. The first-order chi connectivity index (χ1) is 9.85. The second-order valence-electron chi connectivity index (χ2n) is 4.35. The minimum Gasteiger partial charge on any atom is -0.482 e. The molecule has 0 saturated carbocycles. The van der Waals surface area contributed by atoms with Crippen molar-refractivity contribution in [3.8, 4) is 5.75 Å². The molecule has 0 aliphatic carbocycles. The number of nitrogens with one attached hydrogen (secondary N) is 1. The van der Waals surface area contributed by atoms with Crippen molar-refractivity contribution < 1.29 is 17.9 Å². The summed E-state index contributed by atoms with van der Waals surface area (Å²) in [5, 5.41) is 3.29. The van der Waals surface area contributed by atoms with Gasteiger partial charge < -0.3 is 14.6 Å². The highest BCUT2D eigenvalue weighted by Crippen LogP contribution is 2.30. The van der Waals surface area contributed by atoms with Gasteiger partial charge in [-0.2, -0.15) is 13.2 Å². The van der Waals surface area contributed by atoms with Crippen LogP contribution in [0.4, 0.5) is 18.9 Å². The lowest BCUT2D eigenvalue weighted by Gasteiger charge is -2.14. The fourth-order valence-corrected chi connectivity index (χ4v) is 1.82. The van der Waals surface area contributed by atoms with Gasteiger partial charge in [-0.05, 0) is 12.1 Å². The minimum absolute atomic E-state index is 0.0500. The smallest absolute Gasteiger partial charge is 0.422 e. The number of nitrogens with zero attached hydrogens (tertiary/aromatic N) is 2. The van der Waals surface area contributed by atoms with E-state index in [1.54, 1.807) is 29.1 Å². The zero-order chi connectivity index (χ0) is 15.5. The molecule has 0 spiro atoms. The molecule has 1 heterocycles. The average Bonchev–Trinajstić information content (AvgIpc) is 2.80. The number of hydrogen-bond donors (Lipinski definition) is 1. The van der Waals surface area contributed by atoms with Crippen LogP contribution in [0.5, 0.6) is 5.75 Å². The molecule has 1 aromatic carbocycles. The summed E-state index contributed by atoms with van der Waals surface area (Å²) in [4.78, 5) is 4.12. The van der Waals surface area contributed by atoms with E-state index in [-0.39, 0.29) is 5.75 Å². The van der Waals surface area contributed by atoms with Gasteiger partial charge in [-0.25, -0.2) is 4.98 Å². The van der Waals surface area contributed by atoms with Gasteiger partial charge in [0.25, 0.3) is 0 Å². The van der Waals surface area contributed by atoms with Crippen molar-refractivity contribution in [3.63, 3.8) is 0 Å². The van der Waals surface area contributed by atoms with E-state index in [1.807, 2.05) is 7.05 Å². The summed E-state index contributed by atoms with van der Waals surface area (Å²) < 4.78 is 43.3. The van der Waals surface area contributed by atoms with E-state index < -0.39 is 12.8 Å². The van der Waals surface area contributed by atoms with E-state index in [0.717, 1.165) is 5.82 Å². The molecule has 0 atom stereocenters. The Hall–Kier alpha value is -1.89. The van der Waals surface area contributed by atoms with E-state index in [1.165, 1.54) is 6.07 Å². The molecule has 2 aromatic rings. The van der Waals surface area contributed by atoms with Gasteiger partial charge in [-0.1, -0.05) is 11.6 Å². The Morgan fingerprint density at radius 1 is 1.38 bits per heavy atom. The van der Waals surface area contributed by atoms with Crippen molar-refractivity contribution in [2.24, 2.45) is 7.05 Å². The second kappa shape index (κ2) is 6.26. The van der Waals surface area contributed by atoms with E-state index in [2.05, 4.69) is 10.3 Å². The maximum atomic E-state index is 12.2. The largest absolute Gasteiger partial charge is 0.482 e. The van der Waals surface area contributed by atoms with Crippen LogP contribution in [0.25, 0.3) is 0 Å². The van der Waals surface area contributed by atoms with Gasteiger partial charge in [-0.3, -0.25) is 0 Å². The number of anilines is 1. The lowest BCUT2D eigenvalue weighted by Crippen LogP contribution is -2.19. The topological polar surface area (TPSA) is 39.1 Å². The van der Waals surface area contributed by atoms with Gasteiger partial charge in [0, 0.05) is 30.5 Å². The molecule has 0 bridgehead atoms. The van der Waals surface area contributed by atoms with Gasteiger partial charge in [0.15, 0.2) is 6.61 Å². The highest BCUT2D eigenvalue weighted by atomic mass is 35.5. The number of rotatable bonds is 5. The van der Waals surface area contributed by atoms with E-state index in [9.17, 15) is 13.2 Å². The molecule has 0 fully saturated rings. The zero-order valence-electron chi connectivity index (χ0n) is 11.1. The number of ether oxygens (including phenoxy) is 1. The summed E-state index contributed by atoms with van der Waals surface area (Å²) in [7, 11) is 1.83. The fraction of sp³-hybridized carbons (Fsp3) is 0.308. The zero-order valence-corrected chi connectivity index (χ0v) is 11.9. The van der Waals surface area contributed by atoms with Crippen molar-refractivity contribution in [1.29, 1.82) is 0 Å². The number of alkyl halides is 3. The molecule has 0 aliphatic heterocycles. The van der Waals surface area contributed by atoms with Crippen LogP contribution in [0.15, 0.2) is 30.6 Å². The molecule has 0 radical (unpaired) electrons. The second-order valence-corrected chi connectivity index (χ2v) is 4.79. The van der Waals surface area contributed by atoms with E-state index >= 15 is 0 Å². The van der Waals surface area contributed by atoms with Crippen LogP contribution in [0.3, 0.4) is 0 Å². The number of aromatic nitrogens is 2. The van der Waals surface area contributed by atoms with Crippen LogP contribution in [0.2, 0.25) is 5.02 Å². The van der Waals surface area contributed by atoms with Crippen molar-refractivity contribution >= 4 is 17.3 Å². The maximum Gasteiger partial charge on any atom is 0.422 e. The standard InChI is InChI=1S/C13H13ClF3N3O/c1-20-5-4-18-12(20)7-19-10-3-2-9(14)6-11(10)21-8-13(15,16)17/h2-6,19H,7-8H2,1H3. The van der Waals surface area contributed by atoms with E-state index in [4.69, 9.17) is 16.3 Å². The van der Waals surface area contributed by atoms with Crippen LogP contribution >= 0.6 is 11.6 Å². The summed E-state index contributed by atoms with van der Waals surface area (Å²) in [6.45, 7) is -1.02. The summed E-state index contributed by atoms with van der Waals surface area (Å²) in [6, 6.07) is 4.48. The first-order valence-corrected chi connectivity index (χ1v) is 6.42. The van der Waals surface area contributed by atoms with Crippen molar-refractivity contribution in [1.82, 2.24) is 9.55 Å². The first-order valence-electron chi connectivity index (χ1n) is 6.04. The first kappa shape index (κ1) is 15.5. The number of hydrogen-bond acceptors (Lipinski definition) is 3. The van der Waals surface area contributed by atoms with Crippen molar-refractivity contribution in [2.75, 3.05) is 11.9 Å². The maximum absolute atomic E-state index is 12.2. The third-order valence-corrected chi connectivity index (χ3v) is 2.93. The molecule has 1 N–H and O–H groups in total. The number of halogens is 4. The van der Waals surface area contributed by atoms with Crippen molar-refractivity contribution in [3.05, 3.63) is 41.4 Å². The normalized spacial score (nSPS) is 11.5. The molecule has 0 aliphatic rings. The molecule has 1 aromatic heterocycles. The Balaban J connectivity index is 2.09. The van der Waals surface area contributed by atoms with E-state index in [0.29, 0.717) is 17.3 Å². The van der Waals surface area contributed by atoms with Crippen LogP contribution in [0, 0.1) is 0 Å². The molecule has 8 heteroatoms. The van der Waals surface area contributed by atoms with Crippen LogP contribution in [0.1, 0.15) is 5.82 Å². The van der Waals surface area contributed by atoms with Gasteiger partial charge in [-0.15, -0.1) is 0 Å². The molecule has 0 saturated heterocycles.